The van der Waals surface area contributed by atoms with Gasteiger partial charge in [-0.15, -0.1) is 10.6 Å². The van der Waals surface area contributed by atoms with Crippen LogP contribution in [0.5, 0.6) is 0 Å². The summed E-state index contributed by atoms with van der Waals surface area (Å²) >= 11 is 0. The molecule has 0 spiro atoms. The number of hydrogen-bond donors (Lipinski definition) is 2. The first-order chi connectivity index (χ1) is 15.6. The molecule has 2 aliphatic rings. The zero-order chi connectivity index (χ0) is 23.7. The fraction of sp³-hybridized carbons (Fsp3) is 0.462. The van der Waals surface area contributed by atoms with Crippen LogP contribution in [0.1, 0.15) is 58.6 Å². The van der Waals surface area contributed by atoms with Crippen molar-refractivity contribution in [3.8, 4) is 0 Å². The van der Waals surface area contributed by atoms with Crippen LogP contribution in [-0.2, 0) is 15.7 Å². The summed E-state index contributed by atoms with van der Waals surface area (Å²) in [5, 5.41) is 6.92. The molecule has 0 atom stereocenters. The number of nitrogens with one attached hydrogen (secondary N) is 2. The van der Waals surface area contributed by atoms with Crippen LogP contribution in [0.15, 0.2) is 65.8 Å². The van der Waals surface area contributed by atoms with Crippen LogP contribution in [0.2, 0.25) is 0 Å². The van der Waals surface area contributed by atoms with Gasteiger partial charge in [0.15, 0.2) is 5.84 Å². The molecule has 0 saturated carbocycles. The van der Waals surface area contributed by atoms with E-state index in [-0.39, 0.29) is 17.0 Å². The van der Waals surface area contributed by atoms with Crippen molar-refractivity contribution < 1.29 is 9.53 Å². The van der Waals surface area contributed by atoms with E-state index < -0.39 is 5.60 Å². The van der Waals surface area contributed by atoms with E-state index in [0.717, 1.165) is 24.2 Å². The van der Waals surface area contributed by atoms with Crippen molar-refractivity contribution in [1.82, 2.24) is 21.0 Å². The standard InChI is InChI=1S/C26H35N5O2/c1-24(2,3)33-23(32)30-18-16-26(17-19-30,21-14-10-7-11-15-21)22-27-29-31(28-22)25(4,5)20-12-8-6-9-13-20/h6-15,29H,16-19H2,1-5H3,(H,27,28). The second kappa shape index (κ2) is 8.71. The minimum atomic E-state index is -0.504. The van der Waals surface area contributed by atoms with Gasteiger partial charge in [0, 0.05) is 13.1 Å². The maximum atomic E-state index is 12.7. The molecule has 1 saturated heterocycles. The molecule has 2 N–H and O–H groups in total. The lowest BCUT2D eigenvalue weighted by atomic mass is 9.71. The lowest BCUT2D eigenvalue weighted by Gasteiger charge is -2.41. The summed E-state index contributed by atoms with van der Waals surface area (Å²) in [6.07, 6.45) is 1.25. The van der Waals surface area contributed by atoms with E-state index in [1.165, 1.54) is 5.56 Å². The highest BCUT2D eigenvalue weighted by atomic mass is 16.6. The van der Waals surface area contributed by atoms with Gasteiger partial charge in [0.2, 0.25) is 0 Å². The Kier molecular flexibility index (Phi) is 6.10. The molecule has 2 heterocycles. The molecule has 1 fully saturated rings. The van der Waals surface area contributed by atoms with Crippen molar-refractivity contribution in [1.29, 1.82) is 0 Å². The maximum absolute atomic E-state index is 12.7. The Morgan fingerprint density at radius 2 is 1.52 bits per heavy atom. The minimum Gasteiger partial charge on any atom is -0.444 e. The van der Waals surface area contributed by atoms with Crippen LogP contribution >= 0.6 is 0 Å². The summed E-state index contributed by atoms with van der Waals surface area (Å²) in [7, 11) is 0. The fourth-order valence-corrected chi connectivity index (χ4v) is 4.52. The summed E-state index contributed by atoms with van der Waals surface area (Å²) in [5.41, 5.74) is 7.82. The molecule has 7 nitrogen and oxygen atoms in total. The van der Waals surface area contributed by atoms with Crippen LogP contribution in [0.4, 0.5) is 4.79 Å². The van der Waals surface area contributed by atoms with Crippen LogP contribution < -0.4 is 11.0 Å². The van der Waals surface area contributed by atoms with Crippen molar-refractivity contribution >= 4 is 11.9 Å². The molecule has 2 aromatic carbocycles. The summed E-state index contributed by atoms with van der Waals surface area (Å²) in [6.45, 7) is 11.2. The Bertz CT molecular complexity index is 990. The number of carbonyl (C=O) groups is 1. The van der Waals surface area contributed by atoms with Gasteiger partial charge in [-0.3, -0.25) is 5.43 Å². The Morgan fingerprint density at radius 1 is 0.939 bits per heavy atom. The van der Waals surface area contributed by atoms with Crippen molar-refractivity contribution in [3.05, 3.63) is 71.8 Å². The van der Waals surface area contributed by atoms with E-state index in [1.54, 1.807) is 4.90 Å². The molecule has 0 aromatic heterocycles. The highest BCUT2D eigenvalue weighted by molar-refractivity contribution is 5.93. The number of carbonyl (C=O) groups excluding carboxylic acids is 1. The number of amidine groups is 1. The minimum absolute atomic E-state index is 0.254. The number of hydrazine groups is 2. The van der Waals surface area contributed by atoms with Gasteiger partial charge in [0.05, 0.1) is 11.0 Å². The van der Waals surface area contributed by atoms with Crippen molar-refractivity contribution in [2.24, 2.45) is 5.10 Å². The van der Waals surface area contributed by atoms with Crippen LogP contribution in [-0.4, -0.2) is 40.6 Å². The SMILES string of the molecule is CC(C)(C)OC(=O)N1CCC(C2=NN(C(C)(C)c3ccccc3)NN2)(c2ccccc2)CC1. The number of likely N-dealkylation sites (tertiary alicyclic amines) is 1. The third-order valence-electron chi connectivity index (χ3n) is 6.54. The zero-order valence-corrected chi connectivity index (χ0v) is 20.3. The number of hydrogen-bond acceptors (Lipinski definition) is 6. The monoisotopic (exact) mass is 449 g/mol. The van der Waals surface area contributed by atoms with Crippen molar-refractivity contribution in [2.45, 2.75) is 64.0 Å². The van der Waals surface area contributed by atoms with E-state index >= 15 is 0 Å². The Morgan fingerprint density at radius 3 is 2.09 bits per heavy atom. The van der Waals surface area contributed by atoms with Crippen LogP contribution in [0.25, 0.3) is 0 Å². The molecule has 2 aromatic rings. The first kappa shape index (κ1) is 23.1. The van der Waals surface area contributed by atoms with Crippen LogP contribution in [0, 0.1) is 0 Å². The third-order valence-corrected chi connectivity index (χ3v) is 6.54. The molecular weight excluding hydrogens is 414 g/mol. The van der Waals surface area contributed by atoms with Gasteiger partial charge in [-0.25, -0.2) is 4.79 Å². The Balaban J connectivity index is 1.61. The van der Waals surface area contributed by atoms with Crippen molar-refractivity contribution in [2.75, 3.05) is 13.1 Å². The molecule has 1 amide bonds. The number of rotatable bonds is 4. The molecular formula is C26H35N5O2. The summed E-state index contributed by atoms with van der Waals surface area (Å²) in [6, 6.07) is 20.8. The number of nitrogens with zero attached hydrogens (tertiary/aromatic N) is 3. The number of piperidine rings is 1. The average molecular weight is 450 g/mol. The van der Waals surface area contributed by atoms with Gasteiger partial charge in [-0.1, -0.05) is 60.7 Å². The number of amides is 1. The Labute approximate surface area is 196 Å². The zero-order valence-electron chi connectivity index (χ0n) is 20.3. The molecule has 7 heteroatoms. The van der Waals surface area contributed by atoms with Crippen molar-refractivity contribution in [3.63, 3.8) is 0 Å². The topological polar surface area (TPSA) is 69.2 Å². The number of ether oxygens (including phenoxy) is 1. The van der Waals surface area contributed by atoms with E-state index in [1.807, 2.05) is 50.2 Å². The lowest BCUT2D eigenvalue weighted by Crippen LogP contribution is -2.54. The predicted octanol–water partition coefficient (Wildman–Crippen LogP) is 4.53. The van der Waals surface area contributed by atoms with Gasteiger partial charge < -0.3 is 9.64 Å². The van der Waals surface area contributed by atoms with E-state index in [2.05, 4.69) is 61.2 Å². The smallest absolute Gasteiger partial charge is 0.410 e. The molecule has 4 rings (SSSR count). The highest BCUT2D eigenvalue weighted by Gasteiger charge is 2.46. The highest BCUT2D eigenvalue weighted by Crippen LogP contribution is 2.39. The Hall–Kier alpha value is -3.06. The molecule has 0 aliphatic carbocycles. The molecule has 33 heavy (non-hydrogen) atoms. The maximum Gasteiger partial charge on any atom is 0.410 e. The molecule has 176 valence electrons. The normalized spacial score (nSPS) is 18.5. The summed E-state index contributed by atoms with van der Waals surface area (Å²) < 4.78 is 5.61. The van der Waals surface area contributed by atoms with E-state index in [9.17, 15) is 4.79 Å². The summed E-state index contributed by atoms with van der Waals surface area (Å²) in [4.78, 5) is 14.5. The van der Waals surface area contributed by atoms with E-state index in [0.29, 0.717) is 13.1 Å². The second-order valence-corrected chi connectivity index (χ2v) is 10.3. The summed E-state index contributed by atoms with van der Waals surface area (Å²) in [5.74, 6) is 0.876. The lowest BCUT2D eigenvalue weighted by molar-refractivity contribution is 0.0188. The van der Waals surface area contributed by atoms with Gasteiger partial charge in [0.1, 0.15) is 5.60 Å². The number of hydrazone groups is 1. The average Bonchev–Trinajstić information content (AvgIpc) is 3.31. The van der Waals surface area contributed by atoms with E-state index in [4.69, 9.17) is 9.84 Å². The van der Waals surface area contributed by atoms with Gasteiger partial charge in [-0.05, 0) is 58.6 Å². The first-order valence-electron chi connectivity index (χ1n) is 11.6. The predicted molar refractivity (Wildman–Crippen MR) is 130 cm³/mol. The van der Waals surface area contributed by atoms with Gasteiger partial charge in [-0.2, -0.15) is 5.12 Å². The molecule has 0 unspecified atom stereocenters. The quantitative estimate of drug-likeness (QED) is 0.718. The first-order valence-corrected chi connectivity index (χ1v) is 11.6. The third kappa shape index (κ3) is 4.69. The van der Waals surface area contributed by atoms with Crippen LogP contribution in [0.3, 0.4) is 0 Å². The molecule has 2 aliphatic heterocycles. The number of benzene rings is 2. The van der Waals surface area contributed by atoms with Gasteiger partial charge >= 0.3 is 6.09 Å². The van der Waals surface area contributed by atoms with Gasteiger partial charge in [0.25, 0.3) is 0 Å². The molecule has 0 radical (unpaired) electrons. The fourth-order valence-electron chi connectivity index (χ4n) is 4.52. The second-order valence-electron chi connectivity index (χ2n) is 10.3. The molecule has 0 bridgehead atoms. The largest absolute Gasteiger partial charge is 0.444 e.